The van der Waals surface area contributed by atoms with Crippen LogP contribution in [0.1, 0.15) is 37.2 Å². The van der Waals surface area contributed by atoms with Crippen molar-refractivity contribution in [1.82, 2.24) is 10.6 Å². The summed E-state index contributed by atoms with van der Waals surface area (Å²) in [5.41, 5.74) is 1.28. The molecule has 0 spiro atoms. The summed E-state index contributed by atoms with van der Waals surface area (Å²) >= 11 is 0. The Kier molecular flexibility index (Phi) is 4.46. The molecule has 3 saturated heterocycles. The number of benzene rings is 1. The smallest absolute Gasteiger partial charge is 0.234 e. The Morgan fingerprint density at radius 1 is 1.04 bits per heavy atom. The first-order chi connectivity index (χ1) is 12.1. The van der Waals surface area contributed by atoms with Crippen LogP contribution in [0.5, 0.6) is 0 Å². The molecule has 3 aliphatic rings. The zero-order chi connectivity index (χ0) is 17.4. The van der Waals surface area contributed by atoms with Gasteiger partial charge in [-0.3, -0.25) is 14.9 Å². The van der Waals surface area contributed by atoms with Crippen LogP contribution in [0.4, 0.5) is 10.1 Å². The van der Waals surface area contributed by atoms with Crippen LogP contribution >= 0.6 is 0 Å². The van der Waals surface area contributed by atoms with E-state index < -0.39 is 5.92 Å². The normalized spacial score (nSPS) is 25.6. The fraction of sp³-hybridized carbons (Fsp3) is 0.579. The number of halogens is 1. The standard InChI is InChI=1S/C19H24FN3O2/c20-16-9-13(15-2-4-18(24)22-19(15)25)1-3-17(16)23-10-14(11-23)12-5-7-21-8-6-12/h1,3,9,12,14-15,21H,2,4-8,10-11H2,(H,22,24,25). The van der Waals surface area contributed by atoms with Gasteiger partial charge < -0.3 is 10.2 Å². The van der Waals surface area contributed by atoms with E-state index in [1.165, 1.54) is 18.9 Å². The molecule has 0 bridgehead atoms. The van der Waals surface area contributed by atoms with Crippen molar-refractivity contribution < 1.29 is 14.0 Å². The molecule has 0 aromatic heterocycles. The molecule has 1 atom stereocenters. The number of anilines is 1. The minimum atomic E-state index is -0.430. The maximum Gasteiger partial charge on any atom is 0.234 e. The number of nitrogens with zero attached hydrogens (tertiary/aromatic N) is 1. The summed E-state index contributed by atoms with van der Waals surface area (Å²) in [6.07, 6.45) is 3.19. The van der Waals surface area contributed by atoms with E-state index >= 15 is 0 Å². The number of nitrogens with one attached hydrogen (secondary N) is 2. The van der Waals surface area contributed by atoms with Crippen molar-refractivity contribution in [2.45, 2.75) is 31.6 Å². The van der Waals surface area contributed by atoms with Crippen molar-refractivity contribution in [2.24, 2.45) is 11.8 Å². The van der Waals surface area contributed by atoms with Gasteiger partial charge in [0.1, 0.15) is 5.82 Å². The maximum atomic E-state index is 14.6. The Balaban J connectivity index is 1.41. The molecule has 1 aromatic rings. The second kappa shape index (κ2) is 6.75. The first-order valence-electron chi connectivity index (χ1n) is 9.20. The number of carbonyl (C=O) groups is 2. The quantitative estimate of drug-likeness (QED) is 0.820. The first-order valence-corrected chi connectivity index (χ1v) is 9.20. The predicted molar refractivity (Wildman–Crippen MR) is 92.8 cm³/mol. The van der Waals surface area contributed by atoms with Crippen molar-refractivity contribution >= 4 is 17.5 Å². The van der Waals surface area contributed by atoms with Gasteiger partial charge in [0.15, 0.2) is 0 Å². The number of carbonyl (C=O) groups excluding carboxylic acids is 2. The van der Waals surface area contributed by atoms with Crippen LogP contribution in [0.3, 0.4) is 0 Å². The monoisotopic (exact) mass is 345 g/mol. The van der Waals surface area contributed by atoms with E-state index in [2.05, 4.69) is 15.5 Å². The van der Waals surface area contributed by atoms with Gasteiger partial charge >= 0.3 is 0 Å². The lowest BCUT2D eigenvalue weighted by Crippen LogP contribution is -2.52. The molecule has 0 radical (unpaired) electrons. The highest BCUT2D eigenvalue weighted by Gasteiger charge is 2.35. The van der Waals surface area contributed by atoms with Crippen LogP contribution in [0.15, 0.2) is 18.2 Å². The van der Waals surface area contributed by atoms with Gasteiger partial charge in [0.05, 0.1) is 11.6 Å². The Bertz CT molecular complexity index is 681. The van der Waals surface area contributed by atoms with Crippen LogP contribution in [-0.2, 0) is 9.59 Å². The molecule has 134 valence electrons. The lowest BCUT2D eigenvalue weighted by Gasteiger charge is -2.46. The Hall–Kier alpha value is -1.95. The minimum Gasteiger partial charge on any atom is -0.368 e. The Labute approximate surface area is 147 Å². The van der Waals surface area contributed by atoms with Gasteiger partial charge in [-0.1, -0.05) is 6.07 Å². The van der Waals surface area contributed by atoms with Crippen LogP contribution < -0.4 is 15.5 Å². The highest BCUT2D eigenvalue weighted by atomic mass is 19.1. The molecule has 2 amide bonds. The van der Waals surface area contributed by atoms with Crippen LogP contribution in [0.25, 0.3) is 0 Å². The van der Waals surface area contributed by atoms with Gasteiger partial charge in [-0.05, 0) is 61.9 Å². The molecule has 25 heavy (non-hydrogen) atoms. The predicted octanol–water partition coefficient (Wildman–Crippen LogP) is 1.78. The molecule has 3 fully saturated rings. The highest BCUT2D eigenvalue weighted by molar-refractivity contribution is 6.00. The topological polar surface area (TPSA) is 61.4 Å². The van der Waals surface area contributed by atoms with Crippen molar-refractivity contribution in [3.05, 3.63) is 29.6 Å². The second-order valence-corrected chi connectivity index (χ2v) is 7.47. The van der Waals surface area contributed by atoms with Gasteiger partial charge in [0.25, 0.3) is 0 Å². The summed E-state index contributed by atoms with van der Waals surface area (Å²) in [6, 6.07) is 5.08. The number of rotatable bonds is 3. The molecular formula is C19H24FN3O2. The van der Waals surface area contributed by atoms with Crippen molar-refractivity contribution in [3.63, 3.8) is 0 Å². The van der Waals surface area contributed by atoms with E-state index in [9.17, 15) is 14.0 Å². The number of amides is 2. The third-order valence-corrected chi connectivity index (χ3v) is 5.91. The fourth-order valence-electron chi connectivity index (χ4n) is 4.33. The third kappa shape index (κ3) is 3.27. The fourth-order valence-corrected chi connectivity index (χ4v) is 4.33. The number of hydrogen-bond acceptors (Lipinski definition) is 4. The van der Waals surface area contributed by atoms with Gasteiger partial charge in [-0.2, -0.15) is 0 Å². The van der Waals surface area contributed by atoms with Crippen LogP contribution in [-0.4, -0.2) is 38.0 Å². The van der Waals surface area contributed by atoms with Gasteiger partial charge in [-0.15, -0.1) is 0 Å². The first kappa shape index (κ1) is 16.5. The molecule has 1 unspecified atom stereocenters. The van der Waals surface area contributed by atoms with E-state index in [1.807, 2.05) is 6.07 Å². The zero-order valence-corrected chi connectivity index (χ0v) is 14.3. The van der Waals surface area contributed by atoms with Gasteiger partial charge in [-0.25, -0.2) is 4.39 Å². The van der Waals surface area contributed by atoms with Crippen molar-refractivity contribution in [2.75, 3.05) is 31.1 Å². The van der Waals surface area contributed by atoms with Crippen molar-refractivity contribution in [1.29, 1.82) is 0 Å². The molecule has 0 aliphatic carbocycles. The summed E-state index contributed by atoms with van der Waals surface area (Å²) < 4.78 is 14.6. The van der Waals surface area contributed by atoms with Crippen molar-refractivity contribution in [3.8, 4) is 0 Å². The van der Waals surface area contributed by atoms with E-state index in [0.29, 0.717) is 30.0 Å². The molecule has 3 heterocycles. The molecule has 6 heteroatoms. The Morgan fingerprint density at radius 2 is 1.80 bits per heavy atom. The van der Waals surface area contributed by atoms with E-state index in [4.69, 9.17) is 0 Å². The van der Waals surface area contributed by atoms with Gasteiger partial charge in [0.2, 0.25) is 11.8 Å². The van der Waals surface area contributed by atoms with Gasteiger partial charge in [0, 0.05) is 19.5 Å². The summed E-state index contributed by atoms with van der Waals surface area (Å²) in [7, 11) is 0. The van der Waals surface area contributed by atoms with E-state index in [0.717, 1.165) is 32.1 Å². The second-order valence-electron chi connectivity index (χ2n) is 7.47. The van der Waals surface area contributed by atoms with E-state index in [-0.39, 0.29) is 17.6 Å². The lowest BCUT2D eigenvalue weighted by molar-refractivity contribution is -0.134. The molecule has 5 nitrogen and oxygen atoms in total. The lowest BCUT2D eigenvalue weighted by atomic mass is 9.80. The summed E-state index contributed by atoms with van der Waals surface area (Å²) in [6.45, 7) is 4.02. The highest BCUT2D eigenvalue weighted by Crippen LogP contribution is 2.36. The largest absolute Gasteiger partial charge is 0.368 e. The third-order valence-electron chi connectivity index (χ3n) is 5.91. The number of piperidine rings is 2. The molecular weight excluding hydrogens is 321 g/mol. The average Bonchev–Trinajstić information content (AvgIpc) is 2.56. The molecule has 1 aromatic carbocycles. The molecule has 0 saturated carbocycles. The van der Waals surface area contributed by atoms with Crippen LogP contribution in [0, 0.1) is 17.7 Å². The maximum absolute atomic E-state index is 14.6. The summed E-state index contributed by atoms with van der Waals surface area (Å²) in [5.74, 6) is 0.145. The zero-order valence-electron chi connectivity index (χ0n) is 14.3. The molecule has 2 N–H and O–H groups in total. The summed E-state index contributed by atoms with van der Waals surface area (Å²) in [5, 5.41) is 5.72. The number of hydrogen-bond donors (Lipinski definition) is 2. The molecule has 4 rings (SSSR count). The average molecular weight is 345 g/mol. The minimum absolute atomic E-state index is 0.247. The SMILES string of the molecule is O=C1CCC(c2ccc(N3CC(C4CCNCC4)C3)c(F)c2)C(=O)N1. The van der Waals surface area contributed by atoms with E-state index in [1.54, 1.807) is 6.07 Å². The number of imide groups is 1. The van der Waals surface area contributed by atoms with Crippen LogP contribution in [0.2, 0.25) is 0 Å². The Morgan fingerprint density at radius 3 is 2.48 bits per heavy atom. The molecule has 3 aliphatic heterocycles. The summed E-state index contributed by atoms with van der Waals surface area (Å²) in [4.78, 5) is 25.3.